The Morgan fingerprint density at radius 2 is 1.67 bits per heavy atom. The number of nitrogens with one attached hydrogen (secondary N) is 2. The van der Waals surface area contributed by atoms with Crippen LogP contribution < -0.4 is 10.8 Å². The second kappa shape index (κ2) is 6.16. The van der Waals surface area contributed by atoms with Crippen molar-refractivity contribution in [1.82, 2.24) is 10.8 Å². The predicted octanol–water partition coefficient (Wildman–Crippen LogP) is 3.50. The molecule has 4 fully saturated rings. The molecule has 4 heteroatoms. The van der Waals surface area contributed by atoms with E-state index in [1.165, 1.54) is 44.1 Å². The zero-order valence-corrected chi connectivity index (χ0v) is 14.4. The van der Waals surface area contributed by atoms with E-state index in [0.717, 1.165) is 24.3 Å². The van der Waals surface area contributed by atoms with Crippen molar-refractivity contribution >= 4 is 5.91 Å². The number of amides is 1. The average Bonchev–Trinajstić information content (AvgIpc) is 2.58. The molecule has 1 aromatic rings. The van der Waals surface area contributed by atoms with E-state index < -0.39 is 5.91 Å². The van der Waals surface area contributed by atoms with E-state index in [9.17, 15) is 4.79 Å². The van der Waals surface area contributed by atoms with Crippen molar-refractivity contribution in [2.75, 3.05) is 0 Å². The van der Waals surface area contributed by atoms with Crippen molar-refractivity contribution < 1.29 is 10.0 Å². The van der Waals surface area contributed by atoms with Crippen molar-refractivity contribution in [3.63, 3.8) is 0 Å². The molecule has 0 saturated heterocycles. The summed E-state index contributed by atoms with van der Waals surface area (Å²) >= 11 is 0. The molecule has 1 aromatic carbocycles. The van der Waals surface area contributed by atoms with Gasteiger partial charge in [0.2, 0.25) is 0 Å². The molecule has 4 aliphatic rings. The normalized spacial score (nSPS) is 35.0. The van der Waals surface area contributed by atoms with Crippen molar-refractivity contribution in [1.29, 1.82) is 0 Å². The summed E-state index contributed by atoms with van der Waals surface area (Å²) in [5.74, 6) is 2.49. The van der Waals surface area contributed by atoms with Gasteiger partial charge < -0.3 is 5.32 Å². The Bertz CT molecular complexity index is 575. The van der Waals surface area contributed by atoms with Gasteiger partial charge in [0.15, 0.2) is 0 Å². The standard InChI is InChI=1S/C20H28N2O2/c1-13(20-9-15-6-16(10-20)8-17(7-15)11-20)21-12-14-2-4-18(5-3-14)19(23)22-24/h2-5,13,15-17,21,24H,6-12H2,1H3,(H,22,23). The topological polar surface area (TPSA) is 61.4 Å². The van der Waals surface area contributed by atoms with Gasteiger partial charge in [-0.1, -0.05) is 12.1 Å². The van der Waals surface area contributed by atoms with Gasteiger partial charge in [-0.25, -0.2) is 5.48 Å². The third-order valence-corrected chi connectivity index (χ3v) is 6.93. The summed E-state index contributed by atoms with van der Waals surface area (Å²) in [5, 5.41) is 12.4. The first-order chi connectivity index (χ1) is 11.6. The van der Waals surface area contributed by atoms with Gasteiger partial charge in [0, 0.05) is 18.2 Å². The molecule has 3 N–H and O–H groups in total. The van der Waals surface area contributed by atoms with Crippen molar-refractivity contribution in [3.05, 3.63) is 35.4 Å². The van der Waals surface area contributed by atoms with E-state index >= 15 is 0 Å². The number of hydrogen-bond donors (Lipinski definition) is 3. The molecule has 4 bridgehead atoms. The highest BCUT2D eigenvalue weighted by molar-refractivity contribution is 5.93. The zero-order valence-electron chi connectivity index (χ0n) is 14.4. The van der Waals surface area contributed by atoms with Crippen LogP contribution in [0.2, 0.25) is 0 Å². The second-order valence-corrected chi connectivity index (χ2v) is 8.52. The van der Waals surface area contributed by atoms with Crippen LogP contribution in [0.3, 0.4) is 0 Å². The smallest absolute Gasteiger partial charge is 0.274 e. The lowest BCUT2D eigenvalue weighted by atomic mass is 9.48. The average molecular weight is 328 g/mol. The summed E-state index contributed by atoms with van der Waals surface area (Å²) in [4.78, 5) is 11.4. The lowest BCUT2D eigenvalue weighted by Crippen LogP contribution is -2.54. The van der Waals surface area contributed by atoms with Crippen LogP contribution in [0.5, 0.6) is 0 Å². The van der Waals surface area contributed by atoms with E-state index in [1.807, 2.05) is 12.1 Å². The minimum absolute atomic E-state index is 0.462. The number of rotatable bonds is 5. The Labute approximate surface area is 144 Å². The largest absolute Gasteiger partial charge is 0.310 e. The Morgan fingerprint density at radius 3 is 2.17 bits per heavy atom. The van der Waals surface area contributed by atoms with Gasteiger partial charge in [-0.2, -0.15) is 0 Å². The highest BCUT2D eigenvalue weighted by atomic mass is 16.5. The highest BCUT2D eigenvalue weighted by Crippen LogP contribution is 2.61. The highest BCUT2D eigenvalue weighted by Gasteiger charge is 2.52. The summed E-state index contributed by atoms with van der Waals surface area (Å²) in [6, 6.07) is 8.00. The van der Waals surface area contributed by atoms with Crippen molar-refractivity contribution in [2.24, 2.45) is 23.2 Å². The number of benzene rings is 1. The van der Waals surface area contributed by atoms with Gasteiger partial charge in [-0.15, -0.1) is 0 Å². The molecule has 130 valence electrons. The van der Waals surface area contributed by atoms with Crippen LogP contribution in [0.15, 0.2) is 24.3 Å². The molecule has 1 amide bonds. The Hall–Kier alpha value is -1.39. The maximum absolute atomic E-state index is 11.4. The monoisotopic (exact) mass is 328 g/mol. The molecule has 0 heterocycles. The van der Waals surface area contributed by atoms with E-state index in [4.69, 9.17) is 5.21 Å². The number of carbonyl (C=O) groups is 1. The molecule has 4 saturated carbocycles. The van der Waals surface area contributed by atoms with Crippen LogP contribution in [0.25, 0.3) is 0 Å². The minimum atomic E-state index is -0.462. The van der Waals surface area contributed by atoms with E-state index in [2.05, 4.69) is 12.2 Å². The molecule has 5 rings (SSSR count). The van der Waals surface area contributed by atoms with Gasteiger partial charge in [-0.05, 0) is 86.3 Å². The van der Waals surface area contributed by atoms with Crippen LogP contribution >= 0.6 is 0 Å². The first-order valence-corrected chi connectivity index (χ1v) is 9.35. The van der Waals surface area contributed by atoms with Crippen LogP contribution in [0.1, 0.15) is 61.4 Å². The first kappa shape index (κ1) is 16.1. The quantitative estimate of drug-likeness (QED) is 0.573. The zero-order chi connectivity index (χ0) is 16.7. The molecule has 0 radical (unpaired) electrons. The molecule has 1 unspecified atom stereocenters. The van der Waals surface area contributed by atoms with Crippen molar-refractivity contribution in [3.8, 4) is 0 Å². The fraction of sp³-hybridized carbons (Fsp3) is 0.650. The number of hydrogen-bond acceptors (Lipinski definition) is 3. The fourth-order valence-corrected chi connectivity index (χ4v) is 6.03. The maximum Gasteiger partial charge on any atom is 0.274 e. The molecular weight excluding hydrogens is 300 g/mol. The minimum Gasteiger partial charge on any atom is -0.310 e. The lowest BCUT2D eigenvalue weighted by Gasteiger charge is -2.59. The van der Waals surface area contributed by atoms with Gasteiger partial charge in [-0.3, -0.25) is 10.0 Å². The molecule has 4 nitrogen and oxygen atoms in total. The molecule has 0 aliphatic heterocycles. The lowest BCUT2D eigenvalue weighted by molar-refractivity contribution is -0.0706. The predicted molar refractivity (Wildman–Crippen MR) is 92.6 cm³/mol. The van der Waals surface area contributed by atoms with Crippen LogP contribution in [0, 0.1) is 23.2 Å². The van der Waals surface area contributed by atoms with Gasteiger partial charge in [0.1, 0.15) is 0 Å². The molecule has 0 spiro atoms. The number of carbonyl (C=O) groups excluding carboxylic acids is 1. The van der Waals surface area contributed by atoms with Crippen molar-refractivity contribution in [2.45, 2.75) is 58.0 Å². The van der Waals surface area contributed by atoms with E-state index in [1.54, 1.807) is 17.6 Å². The Balaban J connectivity index is 1.38. The Kier molecular flexibility index (Phi) is 4.13. The van der Waals surface area contributed by atoms with E-state index in [-0.39, 0.29) is 0 Å². The summed E-state index contributed by atoms with van der Waals surface area (Å²) in [6.07, 6.45) is 8.72. The van der Waals surface area contributed by atoms with Crippen LogP contribution in [0.4, 0.5) is 0 Å². The van der Waals surface area contributed by atoms with Gasteiger partial charge >= 0.3 is 0 Å². The van der Waals surface area contributed by atoms with Gasteiger partial charge in [0.05, 0.1) is 0 Å². The third-order valence-electron chi connectivity index (χ3n) is 6.93. The SMILES string of the molecule is CC(NCc1ccc(C(=O)NO)cc1)C12CC3CC(CC(C3)C1)C2. The molecule has 0 aromatic heterocycles. The summed E-state index contributed by atoms with van der Waals surface area (Å²) in [5.41, 5.74) is 3.85. The fourth-order valence-electron chi connectivity index (χ4n) is 6.03. The summed E-state index contributed by atoms with van der Waals surface area (Å²) < 4.78 is 0. The molecular formula is C20H28N2O2. The Morgan fingerprint density at radius 1 is 1.12 bits per heavy atom. The maximum atomic E-state index is 11.4. The molecule has 24 heavy (non-hydrogen) atoms. The second-order valence-electron chi connectivity index (χ2n) is 8.52. The van der Waals surface area contributed by atoms with Crippen LogP contribution in [-0.2, 0) is 6.54 Å². The van der Waals surface area contributed by atoms with E-state index in [0.29, 0.717) is 17.0 Å². The summed E-state index contributed by atoms with van der Waals surface area (Å²) in [6.45, 7) is 3.21. The third kappa shape index (κ3) is 2.86. The molecule has 4 aliphatic carbocycles. The number of hydroxylamine groups is 1. The first-order valence-electron chi connectivity index (χ1n) is 9.35. The van der Waals surface area contributed by atoms with Gasteiger partial charge in [0.25, 0.3) is 5.91 Å². The molecule has 1 atom stereocenters. The summed E-state index contributed by atoms with van der Waals surface area (Å²) in [7, 11) is 0. The van der Waals surface area contributed by atoms with Crippen LogP contribution in [-0.4, -0.2) is 17.2 Å².